The van der Waals surface area contributed by atoms with Crippen molar-refractivity contribution < 1.29 is 60.9 Å². The summed E-state index contributed by atoms with van der Waals surface area (Å²) in [4.78, 5) is 95.6. The highest BCUT2D eigenvalue weighted by molar-refractivity contribution is 6.00. The molecule has 19 heteroatoms. The fourth-order valence-corrected chi connectivity index (χ4v) is 7.13. The van der Waals surface area contributed by atoms with E-state index >= 15 is 0 Å². The molecule has 4 aromatic rings. The van der Waals surface area contributed by atoms with Crippen LogP contribution in [-0.2, 0) is 56.1 Å². The molecule has 0 bridgehead atoms. The molecule has 66 heavy (non-hydrogen) atoms. The second-order valence-corrected chi connectivity index (χ2v) is 16.1. The van der Waals surface area contributed by atoms with Crippen molar-refractivity contribution >= 4 is 58.0 Å². The third-order valence-electron chi connectivity index (χ3n) is 10.8. The quantitative estimate of drug-likeness (QED) is 0.0397. The largest absolute Gasteiger partial charge is 0.471 e. The van der Waals surface area contributed by atoms with E-state index in [1.54, 1.807) is 13.8 Å². The summed E-state index contributed by atoms with van der Waals surface area (Å²) in [6.45, 7) is 3.42. The zero-order chi connectivity index (χ0) is 47.9. The van der Waals surface area contributed by atoms with E-state index in [-0.39, 0.29) is 84.3 Å². The Hall–Kier alpha value is -6.47. The number of benzene rings is 3. The third-order valence-corrected chi connectivity index (χ3v) is 10.8. The van der Waals surface area contributed by atoms with Crippen LogP contribution in [-0.4, -0.2) is 83.7 Å². The zero-order valence-corrected chi connectivity index (χ0v) is 37.0. The number of ether oxygens (including phenoxy) is 4. The number of methoxy groups -OCH3 is 1. The van der Waals surface area contributed by atoms with Gasteiger partial charge in [0.2, 0.25) is 11.9 Å². The zero-order valence-electron chi connectivity index (χ0n) is 37.0. The minimum absolute atomic E-state index is 0.000181. The van der Waals surface area contributed by atoms with Crippen molar-refractivity contribution in [3.8, 4) is 0 Å². The lowest BCUT2D eigenvalue weighted by molar-refractivity contribution is -0.233. The normalized spacial score (nSPS) is 13.8. The molecule has 1 saturated carbocycles. The van der Waals surface area contributed by atoms with E-state index in [1.807, 2.05) is 30.3 Å². The Balaban J connectivity index is 1.11. The number of Topliss-reactive ketones (excluding diaryl/α,β-unsaturated/α-hetero) is 1. The van der Waals surface area contributed by atoms with Gasteiger partial charge in [-0.3, -0.25) is 39.1 Å². The summed E-state index contributed by atoms with van der Waals surface area (Å²) in [6.07, 6.45) is -1.10. The van der Waals surface area contributed by atoms with Crippen molar-refractivity contribution in [1.82, 2.24) is 15.3 Å². The van der Waals surface area contributed by atoms with Gasteiger partial charge in [-0.25, -0.2) is 9.78 Å². The number of amides is 3. The highest BCUT2D eigenvalue weighted by Gasteiger charge is 2.43. The molecule has 1 aliphatic carbocycles. The number of ketones is 1. The summed E-state index contributed by atoms with van der Waals surface area (Å²) in [5, 5.41) is 5.00. The van der Waals surface area contributed by atoms with Gasteiger partial charge in [-0.1, -0.05) is 50.2 Å². The lowest BCUT2D eigenvalue weighted by Crippen LogP contribution is -2.42. The van der Waals surface area contributed by atoms with Crippen LogP contribution in [0.15, 0.2) is 77.6 Å². The minimum Gasteiger partial charge on any atom is -0.467 e. The maximum absolute atomic E-state index is 13.8. The molecule has 0 unspecified atom stereocenters. The van der Waals surface area contributed by atoms with Crippen LogP contribution in [0.3, 0.4) is 0 Å². The van der Waals surface area contributed by atoms with Gasteiger partial charge in [0.05, 0.1) is 37.8 Å². The molecule has 1 atom stereocenters. The van der Waals surface area contributed by atoms with Gasteiger partial charge < -0.3 is 29.2 Å². The number of hydrogen-bond donors (Lipinski definition) is 3. The molecule has 16 nitrogen and oxygen atoms in total. The van der Waals surface area contributed by atoms with E-state index < -0.39 is 59.7 Å². The summed E-state index contributed by atoms with van der Waals surface area (Å²) >= 11 is 0. The fourth-order valence-electron chi connectivity index (χ4n) is 7.13. The molecule has 3 amide bonds. The number of nitrogens with zero attached hydrogens (tertiary/aromatic N) is 2. The number of esters is 2. The molecule has 3 N–H and O–H groups in total. The Morgan fingerprint density at radius 2 is 1.53 bits per heavy atom. The molecule has 1 heterocycles. The lowest BCUT2D eigenvalue weighted by atomic mass is 10.0. The van der Waals surface area contributed by atoms with Gasteiger partial charge in [0.25, 0.3) is 11.5 Å². The molecule has 5 rings (SSSR count). The molecular formula is C47H54F3N5O11. The van der Waals surface area contributed by atoms with E-state index in [0.29, 0.717) is 37.2 Å². The predicted octanol–water partition coefficient (Wildman–Crippen LogP) is 6.84. The monoisotopic (exact) mass is 921 g/mol. The van der Waals surface area contributed by atoms with Crippen LogP contribution in [0.25, 0.3) is 10.9 Å². The Morgan fingerprint density at radius 3 is 2.17 bits per heavy atom. The number of alkyl halides is 3. The van der Waals surface area contributed by atoms with Gasteiger partial charge in [-0.2, -0.15) is 13.2 Å². The van der Waals surface area contributed by atoms with Crippen LogP contribution in [0.5, 0.6) is 0 Å². The molecule has 3 aromatic carbocycles. The van der Waals surface area contributed by atoms with E-state index in [2.05, 4.69) is 20.6 Å². The van der Waals surface area contributed by atoms with Crippen LogP contribution in [0.2, 0.25) is 0 Å². The molecule has 0 radical (unpaired) electrons. The summed E-state index contributed by atoms with van der Waals surface area (Å²) in [7, 11) is 1.12. The van der Waals surface area contributed by atoms with E-state index in [0.717, 1.165) is 37.6 Å². The second kappa shape index (κ2) is 23.6. The van der Waals surface area contributed by atoms with Crippen molar-refractivity contribution in [1.29, 1.82) is 0 Å². The Morgan fingerprint density at radius 1 is 0.864 bits per heavy atom. The van der Waals surface area contributed by atoms with Crippen LogP contribution < -0.4 is 21.1 Å². The van der Waals surface area contributed by atoms with E-state index in [9.17, 15) is 46.7 Å². The maximum atomic E-state index is 13.8. The van der Waals surface area contributed by atoms with Gasteiger partial charge in [-0.15, -0.1) is 0 Å². The summed E-state index contributed by atoms with van der Waals surface area (Å²) in [5.74, 6) is -6.02. The fraction of sp³-hybridized carbons (Fsp3) is 0.447. The first-order valence-electron chi connectivity index (χ1n) is 21.7. The van der Waals surface area contributed by atoms with Crippen molar-refractivity contribution in [2.24, 2.45) is 5.92 Å². The Kier molecular flexibility index (Phi) is 18.1. The summed E-state index contributed by atoms with van der Waals surface area (Å²) in [6, 6.07) is 16.8. The SMILES string of the molecule is COC(=O)[C@H](CCC(=O)CCCOC1(OCCCC(=O)OCc2ccccc2)CCCC1)NC(=O)c1ccc(N(Cc2ccc3nc(NC(=O)C(C)C)[nH]c(=O)c3c2)C(=O)C(F)(F)F)cc1. The Labute approximate surface area is 378 Å². The number of rotatable bonds is 23. The van der Waals surface area contributed by atoms with Crippen molar-refractivity contribution in [2.75, 3.05) is 30.5 Å². The van der Waals surface area contributed by atoms with Gasteiger partial charge in [0.15, 0.2) is 5.79 Å². The number of aromatic amines is 1. The molecule has 354 valence electrons. The number of carbonyl (C=O) groups is 6. The smallest absolute Gasteiger partial charge is 0.467 e. The van der Waals surface area contributed by atoms with Gasteiger partial charge in [-0.05, 0) is 79.6 Å². The first kappa shape index (κ1) is 50.5. The topological polar surface area (TPSA) is 212 Å². The van der Waals surface area contributed by atoms with Crippen LogP contribution in [0.1, 0.15) is 99.5 Å². The van der Waals surface area contributed by atoms with Crippen LogP contribution in [0.4, 0.5) is 24.8 Å². The number of anilines is 2. The number of H-pyrrole nitrogens is 1. The van der Waals surface area contributed by atoms with Gasteiger partial charge >= 0.3 is 24.0 Å². The third kappa shape index (κ3) is 14.8. The number of hydrogen-bond acceptors (Lipinski definition) is 12. The van der Waals surface area contributed by atoms with Crippen LogP contribution >= 0.6 is 0 Å². The van der Waals surface area contributed by atoms with Gasteiger partial charge in [0.1, 0.15) is 18.4 Å². The molecule has 0 saturated heterocycles. The van der Waals surface area contributed by atoms with E-state index in [1.165, 1.54) is 30.3 Å². The van der Waals surface area contributed by atoms with Gasteiger partial charge in [0, 0.05) is 49.3 Å². The molecule has 1 aromatic heterocycles. The minimum atomic E-state index is -5.29. The first-order valence-corrected chi connectivity index (χ1v) is 21.7. The lowest BCUT2D eigenvalue weighted by Gasteiger charge is -2.29. The van der Waals surface area contributed by atoms with Crippen molar-refractivity contribution in [3.63, 3.8) is 0 Å². The average molecular weight is 922 g/mol. The first-order chi connectivity index (χ1) is 31.5. The summed E-state index contributed by atoms with van der Waals surface area (Å²) in [5.41, 5.74) is 0.229. The summed E-state index contributed by atoms with van der Waals surface area (Å²) < 4.78 is 64.0. The number of carbonyl (C=O) groups excluding carboxylic acids is 6. The highest BCUT2D eigenvalue weighted by atomic mass is 19.4. The number of halogens is 3. The molecule has 0 spiro atoms. The average Bonchev–Trinajstić information content (AvgIpc) is 3.77. The van der Waals surface area contributed by atoms with Crippen molar-refractivity contribution in [2.45, 2.75) is 109 Å². The standard InChI is InChI=1S/C47H54F3N5O11/c1-30(2)40(58)53-45-52-37-21-15-32(27-36(37)42(60)54-45)28-55(44(62)47(48,49)50)34-18-16-33(17-19-34)41(59)51-38(43(61)63-3)22-20-35(56)13-9-25-65-46(23-7-8-24-46)66-26-10-14-39(57)64-29-31-11-5-4-6-12-31/h4-6,11-12,15-19,21,27,30,38H,7-10,13-14,20,22-26,28-29H2,1-3H3,(H,51,59)(H2,52,53,54,58,60)/t38-/m0/s1. The highest BCUT2D eigenvalue weighted by Crippen LogP contribution is 2.35. The number of aromatic nitrogens is 2. The van der Waals surface area contributed by atoms with E-state index in [4.69, 9.17) is 18.9 Å². The second-order valence-electron chi connectivity index (χ2n) is 16.1. The molecule has 1 aliphatic rings. The Bertz CT molecular complexity index is 2380. The maximum Gasteiger partial charge on any atom is 0.471 e. The number of fused-ring (bicyclic) bond motifs is 1. The van der Waals surface area contributed by atoms with Crippen molar-refractivity contribution in [3.05, 3.63) is 99.8 Å². The molecule has 0 aliphatic heterocycles. The van der Waals surface area contributed by atoms with Crippen LogP contribution in [0, 0.1) is 5.92 Å². The molecular weight excluding hydrogens is 868 g/mol. The predicted molar refractivity (Wildman–Crippen MR) is 235 cm³/mol. The number of nitrogens with one attached hydrogen (secondary N) is 3. The molecule has 1 fully saturated rings.